The van der Waals surface area contributed by atoms with Gasteiger partial charge >= 0.3 is 6.61 Å². The summed E-state index contributed by atoms with van der Waals surface area (Å²) < 4.78 is 35.6. The summed E-state index contributed by atoms with van der Waals surface area (Å²) in [6.07, 6.45) is 4.41. The van der Waals surface area contributed by atoms with Gasteiger partial charge in [-0.25, -0.2) is 0 Å². The van der Waals surface area contributed by atoms with E-state index < -0.39 is 6.61 Å². The van der Waals surface area contributed by atoms with Crippen LogP contribution in [0.5, 0.6) is 11.5 Å². The molecule has 0 radical (unpaired) electrons. The molecule has 2 aromatic carbocycles. The van der Waals surface area contributed by atoms with Crippen molar-refractivity contribution in [2.24, 2.45) is 0 Å². The molecular formula is C25H30F2N2O3. The third-order valence-corrected chi connectivity index (χ3v) is 5.13. The third-order valence-electron chi connectivity index (χ3n) is 5.13. The number of carbonyl (C=O) groups is 1. The molecule has 172 valence electrons. The first-order chi connectivity index (χ1) is 15.4. The van der Waals surface area contributed by atoms with Crippen LogP contribution in [-0.2, 0) is 6.42 Å². The number of rotatable bonds is 10. The molecule has 0 saturated heterocycles. The first-order valence-corrected chi connectivity index (χ1v) is 10.9. The minimum absolute atomic E-state index is 0.0154. The van der Waals surface area contributed by atoms with Gasteiger partial charge in [-0.05, 0) is 56.0 Å². The van der Waals surface area contributed by atoms with Crippen LogP contribution in [0.4, 0.5) is 8.78 Å². The summed E-state index contributed by atoms with van der Waals surface area (Å²) in [5.74, 6) is 0.205. The third kappa shape index (κ3) is 6.22. The summed E-state index contributed by atoms with van der Waals surface area (Å²) in [6.45, 7) is 3.21. The maximum atomic E-state index is 12.7. The monoisotopic (exact) mass is 444 g/mol. The average Bonchev–Trinajstić information content (AvgIpc) is 3.22. The van der Waals surface area contributed by atoms with Gasteiger partial charge < -0.3 is 20.1 Å². The SMILES string of the molecule is CCCc1ccccc1C(=O)NCC1=CCC(c2ccc(OC(F)F)c(OC(C)C)c2)N1. The fourth-order valence-corrected chi connectivity index (χ4v) is 3.73. The number of carbonyl (C=O) groups excluding carboxylic acids is 1. The van der Waals surface area contributed by atoms with Gasteiger partial charge in [-0.1, -0.05) is 43.7 Å². The van der Waals surface area contributed by atoms with Gasteiger partial charge in [0, 0.05) is 11.3 Å². The molecular weight excluding hydrogens is 414 g/mol. The van der Waals surface area contributed by atoms with Gasteiger partial charge in [0.2, 0.25) is 0 Å². The Labute approximate surface area is 187 Å². The lowest BCUT2D eigenvalue weighted by atomic mass is 10.0. The van der Waals surface area contributed by atoms with Crippen LogP contribution in [0, 0.1) is 0 Å². The highest BCUT2D eigenvalue weighted by Gasteiger charge is 2.21. The first kappa shape index (κ1) is 23.6. The van der Waals surface area contributed by atoms with Crippen molar-refractivity contribution in [1.29, 1.82) is 0 Å². The summed E-state index contributed by atoms with van der Waals surface area (Å²) in [5, 5.41) is 6.38. The van der Waals surface area contributed by atoms with Crippen LogP contribution in [0.1, 0.15) is 61.1 Å². The van der Waals surface area contributed by atoms with Crippen LogP contribution in [-0.4, -0.2) is 25.2 Å². The van der Waals surface area contributed by atoms with Crippen LogP contribution in [0.15, 0.2) is 54.2 Å². The van der Waals surface area contributed by atoms with E-state index >= 15 is 0 Å². The van der Waals surface area contributed by atoms with E-state index in [-0.39, 0.29) is 29.6 Å². The highest BCUT2D eigenvalue weighted by Crippen LogP contribution is 2.35. The van der Waals surface area contributed by atoms with Crippen molar-refractivity contribution >= 4 is 5.91 Å². The molecule has 0 aromatic heterocycles. The van der Waals surface area contributed by atoms with Gasteiger partial charge in [-0.15, -0.1) is 0 Å². The van der Waals surface area contributed by atoms with Gasteiger partial charge in [0.05, 0.1) is 18.7 Å². The Balaban J connectivity index is 1.62. The van der Waals surface area contributed by atoms with Crippen molar-refractivity contribution in [3.8, 4) is 11.5 Å². The van der Waals surface area contributed by atoms with Crippen molar-refractivity contribution < 1.29 is 23.0 Å². The van der Waals surface area contributed by atoms with E-state index in [0.29, 0.717) is 18.5 Å². The second kappa shape index (κ2) is 11.0. The summed E-state index contributed by atoms with van der Waals surface area (Å²) in [5.41, 5.74) is 3.56. The van der Waals surface area contributed by atoms with Gasteiger partial charge in [0.15, 0.2) is 11.5 Å². The number of alkyl halides is 2. The largest absolute Gasteiger partial charge is 0.487 e. The quantitative estimate of drug-likeness (QED) is 0.517. The van der Waals surface area contributed by atoms with Crippen LogP contribution in [0.2, 0.25) is 0 Å². The lowest BCUT2D eigenvalue weighted by Crippen LogP contribution is -2.30. The van der Waals surface area contributed by atoms with E-state index in [1.54, 1.807) is 12.1 Å². The lowest BCUT2D eigenvalue weighted by molar-refractivity contribution is -0.0519. The predicted octanol–water partition coefficient (Wildman–Crippen LogP) is 5.38. The van der Waals surface area contributed by atoms with Crippen molar-refractivity contribution in [3.63, 3.8) is 0 Å². The zero-order valence-corrected chi connectivity index (χ0v) is 18.7. The molecule has 0 bridgehead atoms. The maximum Gasteiger partial charge on any atom is 0.387 e. The van der Waals surface area contributed by atoms with Gasteiger partial charge in [-0.2, -0.15) is 8.78 Å². The van der Waals surface area contributed by atoms with E-state index in [1.165, 1.54) is 6.07 Å². The van der Waals surface area contributed by atoms with Crippen molar-refractivity contribution in [3.05, 3.63) is 70.9 Å². The standard InChI is InChI=1S/C25H30F2N2O3/c1-4-7-17-8-5-6-9-20(17)24(30)28-15-19-11-12-21(29-19)18-10-13-22(32-25(26)27)23(14-18)31-16(2)3/h5-6,8-11,13-14,16,21,25,29H,4,7,12,15H2,1-3H3,(H,28,30). The Hall–Kier alpha value is -3.09. The number of benzene rings is 2. The topological polar surface area (TPSA) is 59.6 Å². The molecule has 1 aliphatic rings. The number of ether oxygens (including phenoxy) is 2. The predicted molar refractivity (Wildman–Crippen MR) is 120 cm³/mol. The van der Waals surface area contributed by atoms with Crippen LogP contribution < -0.4 is 20.1 Å². The Morgan fingerprint density at radius 3 is 2.66 bits per heavy atom. The molecule has 1 atom stereocenters. The first-order valence-electron chi connectivity index (χ1n) is 10.9. The van der Waals surface area contributed by atoms with E-state index in [1.807, 2.05) is 44.2 Å². The number of hydrogen-bond donors (Lipinski definition) is 2. The fraction of sp³-hybridized carbons (Fsp3) is 0.400. The second-order valence-electron chi connectivity index (χ2n) is 8.00. The second-order valence-corrected chi connectivity index (χ2v) is 8.00. The summed E-state index contributed by atoms with van der Waals surface area (Å²) >= 11 is 0. The van der Waals surface area contributed by atoms with Crippen LogP contribution in [0.25, 0.3) is 0 Å². The van der Waals surface area contributed by atoms with Crippen molar-refractivity contribution in [1.82, 2.24) is 10.6 Å². The molecule has 0 fully saturated rings. The van der Waals surface area contributed by atoms with E-state index in [0.717, 1.165) is 29.7 Å². The fourth-order valence-electron chi connectivity index (χ4n) is 3.73. The lowest BCUT2D eigenvalue weighted by Gasteiger charge is -2.19. The molecule has 0 aliphatic carbocycles. The zero-order valence-electron chi connectivity index (χ0n) is 18.7. The molecule has 7 heteroatoms. The Morgan fingerprint density at radius 2 is 1.94 bits per heavy atom. The molecule has 1 amide bonds. The molecule has 1 heterocycles. The Bertz CT molecular complexity index is 960. The summed E-state index contributed by atoms with van der Waals surface area (Å²) in [7, 11) is 0. The molecule has 0 spiro atoms. The number of hydrogen-bond acceptors (Lipinski definition) is 4. The van der Waals surface area contributed by atoms with Gasteiger partial charge in [-0.3, -0.25) is 4.79 Å². The number of aryl methyl sites for hydroxylation is 1. The molecule has 1 unspecified atom stereocenters. The zero-order chi connectivity index (χ0) is 23.1. The number of nitrogens with one attached hydrogen (secondary N) is 2. The molecule has 2 aromatic rings. The van der Waals surface area contributed by atoms with Crippen molar-refractivity contribution in [2.75, 3.05) is 6.54 Å². The molecule has 32 heavy (non-hydrogen) atoms. The minimum Gasteiger partial charge on any atom is -0.487 e. The molecule has 3 rings (SSSR count). The number of halogens is 2. The van der Waals surface area contributed by atoms with Gasteiger partial charge in [0.1, 0.15) is 0 Å². The molecule has 1 aliphatic heterocycles. The van der Waals surface area contributed by atoms with Crippen molar-refractivity contribution in [2.45, 2.75) is 58.8 Å². The normalized spacial score (nSPS) is 15.5. The van der Waals surface area contributed by atoms with E-state index in [2.05, 4.69) is 22.3 Å². The Morgan fingerprint density at radius 1 is 1.16 bits per heavy atom. The maximum absolute atomic E-state index is 12.7. The molecule has 2 N–H and O–H groups in total. The summed E-state index contributed by atoms with van der Waals surface area (Å²) in [4.78, 5) is 12.7. The highest BCUT2D eigenvalue weighted by atomic mass is 19.3. The Kier molecular flexibility index (Phi) is 8.09. The van der Waals surface area contributed by atoms with E-state index in [9.17, 15) is 13.6 Å². The molecule has 5 nitrogen and oxygen atoms in total. The van der Waals surface area contributed by atoms with Gasteiger partial charge in [0.25, 0.3) is 5.91 Å². The van der Waals surface area contributed by atoms with Crippen LogP contribution in [0.3, 0.4) is 0 Å². The highest BCUT2D eigenvalue weighted by molar-refractivity contribution is 5.95. The summed E-state index contributed by atoms with van der Waals surface area (Å²) in [6, 6.07) is 12.6. The van der Waals surface area contributed by atoms with E-state index in [4.69, 9.17) is 4.74 Å². The molecule has 0 saturated carbocycles. The average molecular weight is 445 g/mol. The number of amides is 1. The van der Waals surface area contributed by atoms with Crippen LogP contribution >= 0.6 is 0 Å². The minimum atomic E-state index is -2.92. The smallest absolute Gasteiger partial charge is 0.387 e.